The van der Waals surface area contributed by atoms with Crippen LogP contribution in [0.15, 0.2) is 92.5 Å². The van der Waals surface area contributed by atoms with Crippen molar-refractivity contribution in [3.63, 3.8) is 0 Å². The van der Waals surface area contributed by atoms with Crippen molar-refractivity contribution in [3.8, 4) is 17.1 Å². The van der Waals surface area contributed by atoms with Gasteiger partial charge in [0, 0.05) is 10.9 Å². The third-order valence-corrected chi connectivity index (χ3v) is 5.12. The summed E-state index contributed by atoms with van der Waals surface area (Å²) in [7, 11) is 0. The van der Waals surface area contributed by atoms with Crippen molar-refractivity contribution in [1.29, 1.82) is 0 Å². The van der Waals surface area contributed by atoms with E-state index in [0.717, 1.165) is 10.9 Å². The minimum Gasteiger partial charge on any atom is -0.478 e. The van der Waals surface area contributed by atoms with Crippen LogP contribution in [-0.2, 0) is 0 Å². The zero-order valence-electron chi connectivity index (χ0n) is 16.8. The number of rotatable bonds is 5. The van der Waals surface area contributed by atoms with Crippen LogP contribution in [-0.4, -0.2) is 12.4 Å². The maximum Gasteiger partial charge on any atom is 0.235 e. The van der Waals surface area contributed by atoms with Gasteiger partial charge in [0.15, 0.2) is 18.1 Å². The largest absolute Gasteiger partial charge is 0.478 e. The smallest absolute Gasteiger partial charge is 0.235 e. The predicted octanol–water partition coefficient (Wildman–Crippen LogP) is 5.78. The van der Waals surface area contributed by atoms with Gasteiger partial charge in [-0.2, -0.15) is 0 Å². The maximum atomic E-state index is 13.2. The average Bonchev–Trinajstić information content (AvgIpc) is 3.23. The molecule has 2 heterocycles. The van der Waals surface area contributed by atoms with Crippen molar-refractivity contribution >= 4 is 27.7 Å². The van der Waals surface area contributed by atoms with Gasteiger partial charge in [-0.3, -0.25) is 9.59 Å². The van der Waals surface area contributed by atoms with E-state index in [1.165, 1.54) is 0 Å². The maximum absolute atomic E-state index is 13.2. The molecule has 5 rings (SSSR count). The minimum absolute atomic E-state index is 0.00649. The van der Waals surface area contributed by atoms with Crippen LogP contribution in [0.1, 0.15) is 16.1 Å². The van der Waals surface area contributed by atoms with Crippen molar-refractivity contribution in [2.75, 3.05) is 6.61 Å². The number of hydrogen-bond acceptors (Lipinski definition) is 5. The Morgan fingerprint density at radius 3 is 2.35 bits per heavy atom. The molecule has 0 bridgehead atoms. The molecule has 0 saturated carbocycles. The first-order valence-corrected chi connectivity index (χ1v) is 9.87. The summed E-state index contributed by atoms with van der Waals surface area (Å²) < 4.78 is 17.4. The van der Waals surface area contributed by atoms with Crippen LogP contribution in [0.4, 0.5) is 0 Å². The fraction of sp³-hybridized carbons (Fsp3) is 0.0769. The molecule has 0 fully saturated rings. The molecule has 0 aliphatic heterocycles. The van der Waals surface area contributed by atoms with Gasteiger partial charge in [-0.25, -0.2) is 0 Å². The summed E-state index contributed by atoms with van der Waals surface area (Å²) in [6.07, 6.45) is 0. The van der Waals surface area contributed by atoms with Crippen LogP contribution >= 0.6 is 0 Å². The molecule has 5 nitrogen and oxygen atoms in total. The summed E-state index contributed by atoms with van der Waals surface area (Å²) in [5, 5.41) is 1.22. The van der Waals surface area contributed by atoms with Crippen LogP contribution in [0.5, 0.6) is 5.75 Å². The van der Waals surface area contributed by atoms with E-state index in [1.54, 1.807) is 36.4 Å². The average molecular weight is 410 g/mol. The predicted molar refractivity (Wildman–Crippen MR) is 119 cm³/mol. The highest BCUT2D eigenvalue weighted by Crippen LogP contribution is 2.31. The molecule has 5 aromatic rings. The summed E-state index contributed by atoms with van der Waals surface area (Å²) in [5.41, 5.74) is 2.53. The van der Waals surface area contributed by atoms with Gasteiger partial charge in [-0.15, -0.1) is 0 Å². The van der Waals surface area contributed by atoms with Crippen LogP contribution in [0, 0.1) is 6.92 Å². The Morgan fingerprint density at radius 1 is 0.871 bits per heavy atom. The molecule has 0 unspecified atom stereocenters. The minimum atomic E-state index is -0.362. The first-order chi connectivity index (χ1) is 15.1. The number of aryl methyl sites for hydroxylation is 1. The Kier molecular flexibility index (Phi) is 4.64. The van der Waals surface area contributed by atoms with E-state index in [4.69, 9.17) is 13.6 Å². The van der Waals surface area contributed by atoms with Gasteiger partial charge in [0.1, 0.15) is 11.2 Å². The summed E-state index contributed by atoms with van der Waals surface area (Å²) in [4.78, 5) is 25.9. The molecular weight excluding hydrogens is 392 g/mol. The molecule has 152 valence electrons. The SMILES string of the molecule is Cc1ccc(-c2oc3ccccc3c(=O)c2OCC(=O)c2cc3ccccc3o2)cc1. The third kappa shape index (κ3) is 3.51. The van der Waals surface area contributed by atoms with Crippen molar-refractivity contribution in [3.05, 3.63) is 100 Å². The molecule has 2 aromatic heterocycles. The number of benzene rings is 3. The Bertz CT molecular complexity index is 1440. The van der Waals surface area contributed by atoms with E-state index in [-0.39, 0.29) is 29.3 Å². The van der Waals surface area contributed by atoms with Crippen molar-refractivity contribution in [2.24, 2.45) is 0 Å². The standard InChI is InChI=1S/C26H18O5/c1-16-10-12-17(13-11-16)25-26(24(28)19-7-3-5-9-22(19)31-25)29-15-20(27)23-14-18-6-2-4-8-21(18)30-23/h2-14H,15H2,1H3. The monoisotopic (exact) mass is 410 g/mol. The second-order valence-corrected chi connectivity index (χ2v) is 7.31. The van der Waals surface area contributed by atoms with E-state index in [0.29, 0.717) is 27.9 Å². The first-order valence-electron chi connectivity index (χ1n) is 9.87. The van der Waals surface area contributed by atoms with Crippen LogP contribution < -0.4 is 10.2 Å². The zero-order valence-corrected chi connectivity index (χ0v) is 16.8. The lowest BCUT2D eigenvalue weighted by atomic mass is 10.1. The fourth-order valence-electron chi connectivity index (χ4n) is 3.48. The lowest BCUT2D eigenvalue weighted by molar-refractivity contribution is 0.0894. The lowest BCUT2D eigenvalue weighted by Crippen LogP contribution is -2.16. The van der Waals surface area contributed by atoms with Gasteiger partial charge in [-0.1, -0.05) is 60.2 Å². The van der Waals surface area contributed by atoms with Crippen molar-refractivity contribution in [2.45, 2.75) is 6.92 Å². The number of ketones is 1. The highest BCUT2D eigenvalue weighted by Gasteiger charge is 2.20. The summed E-state index contributed by atoms with van der Waals surface area (Å²) in [6, 6.07) is 23.6. The lowest BCUT2D eigenvalue weighted by Gasteiger charge is -2.11. The quantitative estimate of drug-likeness (QED) is 0.344. The second-order valence-electron chi connectivity index (χ2n) is 7.31. The van der Waals surface area contributed by atoms with Gasteiger partial charge in [0.2, 0.25) is 17.0 Å². The molecular formula is C26H18O5. The van der Waals surface area contributed by atoms with Gasteiger partial charge in [0.05, 0.1) is 5.39 Å². The van der Waals surface area contributed by atoms with Crippen LogP contribution in [0.3, 0.4) is 0 Å². The first kappa shape index (κ1) is 18.9. The van der Waals surface area contributed by atoms with Crippen molar-refractivity contribution < 1.29 is 18.4 Å². The van der Waals surface area contributed by atoms with Crippen LogP contribution in [0.2, 0.25) is 0 Å². The van der Waals surface area contributed by atoms with Crippen LogP contribution in [0.25, 0.3) is 33.3 Å². The fourth-order valence-corrected chi connectivity index (χ4v) is 3.48. The van der Waals surface area contributed by atoms with Gasteiger partial charge < -0.3 is 13.6 Å². The number of carbonyl (C=O) groups is 1. The topological polar surface area (TPSA) is 69.7 Å². The number of furan rings is 1. The van der Waals surface area contributed by atoms with E-state index >= 15 is 0 Å². The second kappa shape index (κ2) is 7.61. The van der Waals surface area contributed by atoms with Gasteiger partial charge in [-0.05, 0) is 31.2 Å². The van der Waals surface area contributed by atoms with E-state index in [9.17, 15) is 9.59 Å². The Labute approximate surface area is 177 Å². The molecule has 0 radical (unpaired) electrons. The third-order valence-electron chi connectivity index (χ3n) is 5.12. The molecule has 0 aliphatic carbocycles. The molecule has 0 aliphatic rings. The number of fused-ring (bicyclic) bond motifs is 2. The zero-order chi connectivity index (χ0) is 21.4. The van der Waals surface area contributed by atoms with E-state index in [1.807, 2.05) is 49.4 Å². The number of Topliss-reactive ketones (excluding diaryl/α,β-unsaturated/α-hetero) is 1. The number of para-hydroxylation sites is 2. The normalized spacial score (nSPS) is 11.1. The summed E-state index contributed by atoms with van der Waals surface area (Å²) in [5.74, 6) is 0.120. The highest BCUT2D eigenvalue weighted by molar-refractivity contribution is 5.98. The van der Waals surface area contributed by atoms with Crippen molar-refractivity contribution in [1.82, 2.24) is 0 Å². The van der Waals surface area contributed by atoms with E-state index in [2.05, 4.69) is 0 Å². The molecule has 0 spiro atoms. The number of ether oxygens (including phenoxy) is 1. The summed E-state index contributed by atoms with van der Waals surface area (Å²) in [6.45, 7) is 1.63. The highest BCUT2D eigenvalue weighted by atomic mass is 16.5. The van der Waals surface area contributed by atoms with E-state index < -0.39 is 0 Å². The molecule has 0 saturated heterocycles. The molecule has 31 heavy (non-hydrogen) atoms. The molecule has 3 aromatic carbocycles. The number of carbonyl (C=O) groups excluding carboxylic acids is 1. The molecule has 0 atom stereocenters. The Balaban J connectivity index is 1.54. The number of hydrogen-bond donors (Lipinski definition) is 0. The Hall–Kier alpha value is -4.12. The summed E-state index contributed by atoms with van der Waals surface area (Å²) >= 11 is 0. The Morgan fingerprint density at radius 2 is 1.58 bits per heavy atom. The molecule has 0 amide bonds. The van der Waals surface area contributed by atoms with Gasteiger partial charge >= 0.3 is 0 Å². The van der Waals surface area contributed by atoms with Gasteiger partial charge in [0.25, 0.3) is 0 Å². The molecule has 5 heteroatoms. The molecule has 0 N–H and O–H groups in total.